The summed E-state index contributed by atoms with van der Waals surface area (Å²) in [6.45, 7) is 11.1. The van der Waals surface area contributed by atoms with Crippen LogP contribution in [0.3, 0.4) is 0 Å². The number of morpholine rings is 1. The van der Waals surface area contributed by atoms with E-state index in [1.165, 1.54) is 35.2 Å². The van der Waals surface area contributed by atoms with E-state index in [1.54, 1.807) is 11.8 Å². The Bertz CT molecular complexity index is 919. The van der Waals surface area contributed by atoms with Gasteiger partial charge in [0.1, 0.15) is 5.75 Å². The van der Waals surface area contributed by atoms with Crippen LogP contribution in [0.4, 0.5) is 0 Å². The standard InChI is InChI=1S/C25H34N4O2S/c1-19-16-26-25(32-14-10-28-8-12-30-13-9-28)27-24(19)22-3-2-7-29(18-22)17-20-4-5-23-21(15-20)6-11-31-23/h4-5,15-16,22H,2-3,6-14,17-18H2,1H3. The van der Waals surface area contributed by atoms with Crippen LogP contribution in [0.5, 0.6) is 5.75 Å². The Morgan fingerprint density at radius 1 is 1.12 bits per heavy atom. The van der Waals surface area contributed by atoms with E-state index in [0.717, 1.165) is 82.2 Å². The predicted octanol–water partition coefficient (Wildman–Crippen LogP) is 3.52. The van der Waals surface area contributed by atoms with Crippen LogP contribution in [0.25, 0.3) is 0 Å². The predicted molar refractivity (Wildman–Crippen MR) is 128 cm³/mol. The van der Waals surface area contributed by atoms with Gasteiger partial charge < -0.3 is 9.47 Å². The minimum atomic E-state index is 0.489. The summed E-state index contributed by atoms with van der Waals surface area (Å²) >= 11 is 1.79. The van der Waals surface area contributed by atoms with Gasteiger partial charge in [0.25, 0.3) is 0 Å². The average molecular weight is 455 g/mol. The van der Waals surface area contributed by atoms with E-state index in [-0.39, 0.29) is 0 Å². The molecule has 3 aliphatic heterocycles. The molecule has 2 aromatic rings. The van der Waals surface area contributed by atoms with Gasteiger partial charge in [0.2, 0.25) is 0 Å². The van der Waals surface area contributed by atoms with Crippen molar-refractivity contribution in [3.63, 3.8) is 0 Å². The van der Waals surface area contributed by atoms with Crippen LogP contribution in [0.1, 0.15) is 41.1 Å². The fourth-order valence-electron chi connectivity index (χ4n) is 5.03. The second kappa shape index (κ2) is 10.5. The van der Waals surface area contributed by atoms with E-state index in [2.05, 4.69) is 39.9 Å². The maximum absolute atomic E-state index is 5.67. The fourth-order valence-corrected chi connectivity index (χ4v) is 5.85. The number of nitrogens with zero attached hydrogens (tertiary/aromatic N) is 4. The molecule has 3 aliphatic rings. The smallest absolute Gasteiger partial charge is 0.187 e. The molecule has 32 heavy (non-hydrogen) atoms. The maximum atomic E-state index is 5.67. The second-order valence-electron chi connectivity index (χ2n) is 9.14. The summed E-state index contributed by atoms with van der Waals surface area (Å²) in [5.41, 5.74) is 5.24. The molecule has 5 rings (SSSR count). The Morgan fingerprint density at radius 3 is 2.94 bits per heavy atom. The molecule has 0 bridgehead atoms. The average Bonchev–Trinajstić information content (AvgIpc) is 3.29. The zero-order chi connectivity index (χ0) is 21.8. The van der Waals surface area contributed by atoms with Gasteiger partial charge in [-0.05, 0) is 49.1 Å². The Labute approximate surface area is 195 Å². The molecule has 6 nitrogen and oxygen atoms in total. The van der Waals surface area contributed by atoms with E-state index in [4.69, 9.17) is 14.5 Å². The van der Waals surface area contributed by atoms with E-state index in [1.807, 2.05) is 6.20 Å². The van der Waals surface area contributed by atoms with Gasteiger partial charge in [-0.2, -0.15) is 0 Å². The summed E-state index contributed by atoms with van der Waals surface area (Å²) in [7, 11) is 0. The lowest BCUT2D eigenvalue weighted by Crippen LogP contribution is -2.37. The zero-order valence-corrected chi connectivity index (χ0v) is 19.9. The van der Waals surface area contributed by atoms with Crippen molar-refractivity contribution in [2.45, 2.75) is 43.8 Å². The van der Waals surface area contributed by atoms with Crippen LogP contribution in [-0.4, -0.2) is 78.1 Å². The normalized spacial score (nSPS) is 22.0. The first kappa shape index (κ1) is 22.1. The number of hydrogen-bond acceptors (Lipinski definition) is 7. The largest absolute Gasteiger partial charge is 0.493 e. The molecule has 1 unspecified atom stereocenters. The van der Waals surface area contributed by atoms with Gasteiger partial charge in [0, 0.05) is 57.0 Å². The van der Waals surface area contributed by atoms with Gasteiger partial charge in [0.05, 0.1) is 25.5 Å². The molecule has 0 saturated carbocycles. The summed E-state index contributed by atoms with van der Waals surface area (Å²) in [4.78, 5) is 14.7. The van der Waals surface area contributed by atoms with Crippen LogP contribution >= 0.6 is 11.8 Å². The van der Waals surface area contributed by atoms with Crippen molar-refractivity contribution in [2.75, 3.05) is 58.3 Å². The molecule has 0 amide bonds. The third-order valence-corrected chi connectivity index (χ3v) is 7.62. The third kappa shape index (κ3) is 5.45. The van der Waals surface area contributed by atoms with Crippen molar-refractivity contribution in [1.29, 1.82) is 0 Å². The van der Waals surface area contributed by atoms with Crippen molar-refractivity contribution in [3.8, 4) is 5.75 Å². The molecular weight excluding hydrogens is 420 g/mol. The first-order valence-electron chi connectivity index (χ1n) is 12.0. The lowest BCUT2D eigenvalue weighted by Gasteiger charge is -2.33. The summed E-state index contributed by atoms with van der Waals surface area (Å²) in [6, 6.07) is 6.71. The highest BCUT2D eigenvalue weighted by Crippen LogP contribution is 2.31. The van der Waals surface area contributed by atoms with Crippen LogP contribution in [0.15, 0.2) is 29.6 Å². The lowest BCUT2D eigenvalue weighted by atomic mass is 9.92. The van der Waals surface area contributed by atoms with E-state index in [0.29, 0.717) is 5.92 Å². The van der Waals surface area contributed by atoms with E-state index < -0.39 is 0 Å². The molecule has 2 saturated heterocycles. The highest BCUT2D eigenvalue weighted by Gasteiger charge is 2.25. The first-order chi connectivity index (χ1) is 15.7. The monoisotopic (exact) mass is 454 g/mol. The minimum Gasteiger partial charge on any atom is -0.493 e. The quantitative estimate of drug-likeness (QED) is 0.469. The Kier molecular flexibility index (Phi) is 7.27. The van der Waals surface area contributed by atoms with Crippen LogP contribution in [0.2, 0.25) is 0 Å². The molecule has 0 radical (unpaired) electrons. The molecule has 172 valence electrons. The Balaban J connectivity index is 1.19. The number of benzene rings is 1. The molecule has 1 aromatic heterocycles. The maximum Gasteiger partial charge on any atom is 0.187 e. The second-order valence-corrected chi connectivity index (χ2v) is 10.2. The SMILES string of the molecule is Cc1cnc(SCCN2CCOCC2)nc1C1CCCN(Cc2ccc3c(c2)CCO3)C1. The third-order valence-electron chi connectivity index (χ3n) is 6.78. The molecule has 0 aliphatic carbocycles. The number of aromatic nitrogens is 2. The zero-order valence-electron chi connectivity index (χ0n) is 19.1. The number of ether oxygens (including phenoxy) is 2. The minimum absolute atomic E-state index is 0.489. The molecule has 2 fully saturated rings. The van der Waals surface area contributed by atoms with Crippen molar-refractivity contribution in [2.24, 2.45) is 0 Å². The number of fused-ring (bicyclic) bond motifs is 1. The van der Waals surface area contributed by atoms with Gasteiger partial charge in [-0.1, -0.05) is 23.9 Å². The molecule has 1 atom stereocenters. The van der Waals surface area contributed by atoms with Gasteiger partial charge >= 0.3 is 0 Å². The number of thioether (sulfide) groups is 1. The summed E-state index contributed by atoms with van der Waals surface area (Å²) in [6.07, 6.45) is 5.50. The van der Waals surface area contributed by atoms with Crippen molar-refractivity contribution in [3.05, 3.63) is 46.8 Å². The molecule has 4 heterocycles. The van der Waals surface area contributed by atoms with Gasteiger partial charge in [0.15, 0.2) is 5.16 Å². The Morgan fingerprint density at radius 2 is 2.03 bits per heavy atom. The Hall–Kier alpha value is -1.67. The topological polar surface area (TPSA) is 50.7 Å². The molecule has 1 aromatic carbocycles. The molecule has 0 N–H and O–H groups in total. The van der Waals surface area contributed by atoms with Crippen LogP contribution in [-0.2, 0) is 17.7 Å². The first-order valence-corrected chi connectivity index (χ1v) is 13.0. The van der Waals surface area contributed by atoms with Crippen LogP contribution in [0, 0.1) is 6.92 Å². The number of rotatable bonds is 7. The van der Waals surface area contributed by atoms with Crippen molar-refractivity contribution >= 4 is 11.8 Å². The number of piperidine rings is 1. The van der Waals surface area contributed by atoms with Crippen molar-refractivity contribution < 1.29 is 9.47 Å². The lowest BCUT2D eigenvalue weighted by molar-refractivity contribution is 0.0410. The van der Waals surface area contributed by atoms with E-state index in [9.17, 15) is 0 Å². The van der Waals surface area contributed by atoms with E-state index >= 15 is 0 Å². The van der Waals surface area contributed by atoms with Crippen LogP contribution < -0.4 is 4.74 Å². The molecule has 7 heteroatoms. The number of hydrogen-bond donors (Lipinski definition) is 0. The summed E-state index contributed by atoms with van der Waals surface area (Å²) in [5.74, 6) is 2.59. The van der Waals surface area contributed by atoms with Gasteiger partial charge in [-0.15, -0.1) is 0 Å². The van der Waals surface area contributed by atoms with Crippen molar-refractivity contribution in [1.82, 2.24) is 19.8 Å². The van der Waals surface area contributed by atoms with Gasteiger partial charge in [-0.3, -0.25) is 9.80 Å². The number of likely N-dealkylation sites (tertiary alicyclic amines) is 1. The summed E-state index contributed by atoms with van der Waals surface area (Å²) in [5, 5.41) is 0.926. The molecule has 0 spiro atoms. The molecular formula is C25H34N4O2S. The highest BCUT2D eigenvalue weighted by molar-refractivity contribution is 7.99. The van der Waals surface area contributed by atoms with Gasteiger partial charge in [-0.25, -0.2) is 9.97 Å². The summed E-state index contributed by atoms with van der Waals surface area (Å²) < 4.78 is 11.1. The fraction of sp³-hybridized carbons (Fsp3) is 0.600. The highest BCUT2D eigenvalue weighted by atomic mass is 32.2. The number of aryl methyl sites for hydroxylation is 1.